The molecule has 1 aromatic carbocycles. The number of nitrogens with zero attached hydrogens (tertiary/aromatic N) is 1. The van der Waals surface area contributed by atoms with E-state index in [0.717, 1.165) is 19.3 Å². The SMILES string of the molecule is CC(=O)Nc1cccc(S(=O)(=O)NC2CCCC2N(C)C)c1. The van der Waals surface area contributed by atoms with Crippen LogP contribution in [0.4, 0.5) is 5.69 Å². The van der Waals surface area contributed by atoms with Crippen LogP contribution in [0.15, 0.2) is 29.2 Å². The average Bonchev–Trinajstić information content (AvgIpc) is 2.86. The highest BCUT2D eigenvalue weighted by molar-refractivity contribution is 7.89. The molecular formula is C15H23N3O3S. The van der Waals surface area contributed by atoms with Crippen molar-refractivity contribution >= 4 is 21.6 Å². The van der Waals surface area contributed by atoms with Gasteiger partial charge >= 0.3 is 0 Å². The summed E-state index contributed by atoms with van der Waals surface area (Å²) in [4.78, 5) is 13.3. The van der Waals surface area contributed by atoms with E-state index < -0.39 is 10.0 Å². The van der Waals surface area contributed by atoms with E-state index in [-0.39, 0.29) is 22.9 Å². The molecule has 0 aromatic heterocycles. The van der Waals surface area contributed by atoms with Crippen LogP contribution >= 0.6 is 0 Å². The van der Waals surface area contributed by atoms with E-state index in [2.05, 4.69) is 14.9 Å². The van der Waals surface area contributed by atoms with Gasteiger partial charge < -0.3 is 10.2 Å². The minimum absolute atomic E-state index is 0.0792. The number of carbonyl (C=O) groups excluding carboxylic acids is 1. The van der Waals surface area contributed by atoms with Crippen molar-refractivity contribution in [3.63, 3.8) is 0 Å². The second kappa shape index (κ2) is 6.76. The molecule has 1 aromatic rings. The molecule has 0 radical (unpaired) electrons. The standard InChI is InChI=1S/C15H23N3O3S/c1-11(19)16-12-6-4-7-13(10-12)22(20,21)17-14-8-5-9-15(14)18(2)3/h4,6-7,10,14-15,17H,5,8-9H2,1-3H3,(H,16,19). The molecule has 122 valence electrons. The number of anilines is 1. The molecule has 0 heterocycles. The number of hydrogen-bond donors (Lipinski definition) is 2. The zero-order chi connectivity index (χ0) is 16.3. The molecule has 2 atom stereocenters. The van der Waals surface area contributed by atoms with Gasteiger partial charge in [-0.1, -0.05) is 12.5 Å². The Morgan fingerprint density at radius 2 is 2.00 bits per heavy atom. The largest absolute Gasteiger partial charge is 0.326 e. The Balaban J connectivity index is 2.18. The first-order chi connectivity index (χ1) is 10.3. The molecule has 0 spiro atoms. The third-order valence-electron chi connectivity index (χ3n) is 3.91. The van der Waals surface area contributed by atoms with Crippen LogP contribution in [0, 0.1) is 0 Å². The van der Waals surface area contributed by atoms with Gasteiger partial charge in [-0.2, -0.15) is 0 Å². The number of carbonyl (C=O) groups is 1. The van der Waals surface area contributed by atoms with Crippen molar-refractivity contribution in [2.24, 2.45) is 0 Å². The first-order valence-electron chi connectivity index (χ1n) is 7.36. The van der Waals surface area contributed by atoms with E-state index >= 15 is 0 Å². The van der Waals surface area contributed by atoms with E-state index in [9.17, 15) is 13.2 Å². The predicted octanol–water partition coefficient (Wildman–Crippen LogP) is 1.41. The van der Waals surface area contributed by atoms with Gasteiger partial charge in [0.05, 0.1) is 4.90 Å². The number of rotatable bonds is 5. The van der Waals surface area contributed by atoms with E-state index in [1.165, 1.54) is 19.1 Å². The summed E-state index contributed by atoms with van der Waals surface area (Å²) in [5.74, 6) is -0.231. The summed E-state index contributed by atoms with van der Waals surface area (Å²) in [7, 11) is 0.338. The van der Waals surface area contributed by atoms with Crippen LogP contribution in [0.2, 0.25) is 0 Å². The maximum Gasteiger partial charge on any atom is 0.240 e. The first-order valence-corrected chi connectivity index (χ1v) is 8.84. The van der Waals surface area contributed by atoms with Gasteiger partial charge in [-0.25, -0.2) is 13.1 Å². The summed E-state index contributed by atoms with van der Waals surface area (Å²) >= 11 is 0. The van der Waals surface area contributed by atoms with E-state index in [0.29, 0.717) is 5.69 Å². The minimum atomic E-state index is -3.60. The smallest absolute Gasteiger partial charge is 0.240 e. The summed E-state index contributed by atoms with van der Waals surface area (Å²) in [6.07, 6.45) is 2.85. The fourth-order valence-electron chi connectivity index (χ4n) is 2.91. The van der Waals surface area contributed by atoms with Crippen LogP contribution in [-0.2, 0) is 14.8 Å². The molecule has 2 unspecified atom stereocenters. The van der Waals surface area contributed by atoms with Crippen molar-refractivity contribution in [3.05, 3.63) is 24.3 Å². The Morgan fingerprint density at radius 1 is 1.27 bits per heavy atom. The molecule has 0 saturated heterocycles. The number of likely N-dealkylation sites (N-methyl/N-ethyl adjacent to an activating group) is 1. The fourth-order valence-corrected chi connectivity index (χ4v) is 4.26. The van der Waals surface area contributed by atoms with E-state index in [1.54, 1.807) is 12.1 Å². The molecule has 0 bridgehead atoms. The number of hydrogen-bond acceptors (Lipinski definition) is 4. The summed E-state index contributed by atoms with van der Waals surface area (Å²) in [6, 6.07) is 6.44. The third kappa shape index (κ3) is 4.06. The molecule has 6 nitrogen and oxygen atoms in total. The van der Waals surface area contributed by atoms with Crippen LogP contribution in [0.25, 0.3) is 0 Å². The van der Waals surface area contributed by atoms with Gasteiger partial charge in [-0.15, -0.1) is 0 Å². The quantitative estimate of drug-likeness (QED) is 0.858. The molecule has 1 fully saturated rings. The molecule has 22 heavy (non-hydrogen) atoms. The van der Waals surface area contributed by atoms with Crippen molar-refractivity contribution < 1.29 is 13.2 Å². The van der Waals surface area contributed by atoms with Crippen molar-refractivity contribution in [2.45, 2.75) is 43.2 Å². The number of nitrogens with one attached hydrogen (secondary N) is 2. The Hall–Kier alpha value is -1.44. The summed E-state index contributed by atoms with van der Waals surface area (Å²) in [5.41, 5.74) is 0.478. The summed E-state index contributed by atoms with van der Waals surface area (Å²) < 4.78 is 27.9. The molecule has 1 saturated carbocycles. The number of benzene rings is 1. The minimum Gasteiger partial charge on any atom is -0.326 e. The van der Waals surface area contributed by atoms with Gasteiger partial charge in [0, 0.05) is 24.7 Å². The molecule has 7 heteroatoms. The van der Waals surface area contributed by atoms with Crippen LogP contribution < -0.4 is 10.0 Å². The lowest BCUT2D eigenvalue weighted by Gasteiger charge is -2.26. The van der Waals surface area contributed by atoms with Gasteiger partial charge in [0.25, 0.3) is 0 Å². The Morgan fingerprint density at radius 3 is 2.64 bits per heavy atom. The van der Waals surface area contributed by atoms with E-state index in [1.807, 2.05) is 14.1 Å². The molecule has 2 rings (SSSR count). The average molecular weight is 325 g/mol. The number of amides is 1. The molecule has 2 N–H and O–H groups in total. The van der Waals surface area contributed by atoms with Gasteiger partial charge in [-0.05, 0) is 45.1 Å². The zero-order valence-corrected chi connectivity index (χ0v) is 14.0. The molecule has 1 aliphatic rings. The van der Waals surface area contributed by atoms with Crippen LogP contribution in [0.1, 0.15) is 26.2 Å². The maximum atomic E-state index is 12.6. The Bertz CT molecular complexity index is 643. The summed E-state index contributed by atoms with van der Waals surface area (Å²) in [5, 5.41) is 2.60. The highest BCUT2D eigenvalue weighted by atomic mass is 32.2. The fraction of sp³-hybridized carbons (Fsp3) is 0.533. The van der Waals surface area contributed by atoms with Crippen LogP contribution in [-0.4, -0.2) is 45.4 Å². The number of sulfonamides is 1. The molecular weight excluding hydrogens is 302 g/mol. The van der Waals surface area contributed by atoms with Crippen molar-refractivity contribution in [1.29, 1.82) is 0 Å². The van der Waals surface area contributed by atoms with E-state index in [4.69, 9.17) is 0 Å². The monoisotopic (exact) mass is 325 g/mol. The maximum absolute atomic E-state index is 12.6. The van der Waals surface area contributed by atoms with Gasteiger partial charge in [0.1, 0.15) is 0 Å². The summed E-state index contributed by atoms with van der Waals surface area (Å²) in [6.45, 7) is 1.39. The lowest BCUT2D eigenvalue weighted by atomic mass is 10.2. The Kier molecular flexibility index (Phi) is 5.20. The van der Waals surface area contributed by atoms with Gasteiger partial charge in [0.15, 0.2) is 0 Å². The lowest BCUT2D eigenvalue weighted by Crippen LogP contribution is -2.45. The molecule has 0 aliphatic heterocycles. The normalized spacial score (nSPS) is 22.0. The second-order valence-electron chi connectivity index (χ2n) is 5.90. The predicted molar refractivity (Wildman–Crippen MR) is 86.2 cm³/mol. The highest BCUT2D eigenvalue weighted by Gasteiger charge is 2.32. The van der Waals surface area contributed by atoms with Crippen molar-refractivity contribution in [2.75, 3.05) is 19.4 Å². The molecule has 1 amide bonds. The Labute approximate surface area is 131 Å². The zero-order valence-electron chi connectivity index (χ0n) is 13.2. The highest BCUT2D eigenvalue weighted by Crippen LogP contribution is 2.25. The van der Waals surface area contributed by atoms with Gasteiger partial charge in [-0.3, -0.25) is 4.79 Å². The van der Waals surface area contributed by atoms with Gasteiger partial charge in [0.2, 0.25) is 15.9 Å². The second-order valence-corrected chi connectivity index (χ2v) is 7.61. The van der Waals surface area contributed by atoms with Crippen LogP contribution in [0.3, 0.4) is 0 Å². The van der Waals surface area contributed by atoms with Crippen molar-refractivity contribution in [1.82, 2.24) is 9.62 Å². The van der Waals surface area contributed by atoms with Crippen LogP contribution in [0.5, 0.6) is 0 Å². The van der Waals surface area contributed by atoms with Crippen molar-refractivity contribution in [3.8, 4) is 0 Å². The first kappa shape index (κ1) is 16.9. The lowest BCUT2D eigenvalue weighted by molar-refractivity contribution is -0.114. The third-order valence-corrected chi connectivity index (χ3v) is 5.40. The topological polar surface area (TPSA) is 78.5 Å². The molecule has 1 aliphatic carbocycles.